The summed E-state index contributed by atoms with van der Waals surface area (Å²) < 4.78 is 17.7. The lowest BCUT2D eigenvalue weighted by molar-refractivity contribution is 0.0732. The Morgan fingerprint density at radius 2 is 1.71 bits per heavy atom. The summed E-state index contributed by atoms with van der Waals surface area (Å²) in [6.45, 7) is 4.75. The predicted octanol–water partition coefficient (Wildman–Crippen LogP) is 5.07. The first-order valence-corrected chi connectivity index (χ1v) is 8.91. The molecule has 128 valence electrons. The molecule has 0 amide bonds. The van der Waals surface area contributed by atoms with Crippen molar-refractivity contribution >= 4 is 37.8 Å². The summed E-state index contributed by atoms with van der Waals surface area (Å²) in [7, 11) is 1.61. The number of methoxy groups -OCH3 is 1. The molecule has 0 saturated carbocycles. The van der Waals surface area contributed by atoms with Crippen LogP contribution in [0.15, 0.2) is 39.3 Å². The van der Waals surface area contributed by atoms with E-state index in [1.54, 1.807) is 25.3 Å². The third kappa shape index (κ3) is 4.82. The Balaban J connectivity index is 2.14. The van der Waals surface area contributed by atoms with Crippen molar-refractivity contribution in [3.8, 4) is 11.5 Å². The van der Waals surface area contributed by atoms with Gasteiger partial charge in [0.2, 0.25) is 0 Å². The number of ether oxygens (including phenoxy) is 3. The monoisotopic (exact) mass is 456 g/mol. The van der Waals surface area contributed by atoms with E-state index in [9.17, 15) is 4.79 Å². The van der Waals surface area contributed by atoms with Crippen LogP contribution in [0.3, 0.4) is 0 Å². The van der Waals surface area contributed by atoms with Crippen LogP contribution in [0.4, 0.5) is 0 Å². The van der Waals surface area contributed by atoms with E-state index in [1.807, 2.05) is 26.0 Å². The van der Waals surface area contributed by atoms with E-state index in [2.05, 4.69) is 31.9 Å². The van der Waals surface area contributed by atoms with E-state index < -0.39 is 5.97 Å². The Morgan fingerprint density at radius 1 is 1.04 bits per heavy atom. The number of rotatable bonds is 6. The van der Waals surface area contributed by atoms with Crippen LogP contribution in [0, 0.1) is 13.8 Å². The van der Waals surface area contributed by atoms with Gasteiger partial charge in [0.1, 0.15) is 18.1 Å². The van der Waals surface area contributed by atoms with Gasteiger partial charge in [0.15, 0.2) is 0 Å². The van der Waals surface area contributed by atoms with E-state index in [0.717, 1.165) is 15.6 Å². The molecule has 2 rings (SSSR count). The van der Waals surface area contributed by atoms with Crippen molar-refractivity contribution in [3.05, 3.63) is 56.0 Å². The quantitative estimate of drug-likeness (QED) is 0.345. The van der Waals surface area contributed by atoms with Crippen molar-refractivity contribution in [2.45, 2.75) is 13.8 Å². The molecule has 4 nitrogen and oxygen atoms in total. The molecule has 0 aliphatic rings. The fourth-order valence-electron chi connectivity index (χ4n) is 2.19. The predicted molar refractivity (Wildman–Crippen MR) is 100 cm³/mol. The topological polar surface area (TPSA) is 44.8 Å². The summed E-state index contributed by atoms with van der Waals surface area (Å²) in [5.41, 5.74) is 2.24. The highest BCUT2D eigenvalue weighted by Crippen LogP contribution is 2.30. The SMILES string of the molecule is COCCOc1ccc(C(=O)Oc2c(C)cc(Br)cc2C)cc1Br. The van der Waals surface area contributed by atoms with Crippen LogP contribution in [0.25, 0.3) is 0 Å². The summed E-state index contributed by atoms with van der Waals surface area (Å²) in [6.07, 6.45) is 0. The van der Waals surface area contributed by atoms with E-state index in [1.165, 1.54) is 0 Å². The van der Waals surface area contributed by atoms with Crippen molar-refractivity contribution < 1.29 is 19.0 Å². The minimum atomic E-state index is -0.410. The molecule has 0 unspecified atom stereocenters. The van der Waals surface area contributed by atoms with Gasteiger partial charge in [-0.05, 0) is 71.2 Å². The lowest BCUT2D eigenvalue weighted by Crippen LogP contribution is -2.11. The first-order chi connectivity index (χ1) is 11.4. The van der Waals surface area contributed by atoms with Crippen molar-refractivity contribution in [2.75, 3.05) is 20.3 Å². The van der Waals surface area contributed by atoms with Gasteiger partial charge in [-0.2, -0.15) is 0 Å². The molecule has 0 spiro atoms. The standard InChI is InChI=1S/C18H18Br2O4/c1-11-8-14(19)9-12(2)17(11)24-18(21)13-4-5-16(15(20)10-13)23-7-6-22-3/h4-5,8-10H,6-7H2,1-3H3. The Hall–Kier alpha value is -1.37. The highest BCUT2D eigenvalue weighted by molar-refractivity contribution is 9.10. The molecule has 0 aliphatic heterocycles. The molecule has 0 atom stereocenters. The third-order valence-corrected chi connectivity index (χ3v) is 4.41. The van der Waals surface area contributed by atoms with Crippen molar-refractivity contribution in [2.24, 2.45) is 0 Å². The van der Waals surface area contributed by atoms with Gasteiger partial charge in [-0.15, -0.1) is 0 Å². The average Bonchev–Trinajstić information content (AvgIpc) is 2.52. The second-order valence-electron chi connectivity index (χ2n) is 5.24. The molecule has 0 fully saturated rings. The molecule has 0 radical (unpaired) electrons. The number of benzene rings is 2. The number of hydrogen-bond donors (Lipinski definition) is 0. The third-order valence-electron chi connectivity index (χ3n) is 3.33. The molecule has 0 saturated heterocycles. The van der Waals surface area contributed by atoms with Gasteiger partial charge in [0.25, 0.3) is 0 Å². The molecular formula is C18H18Br2O4. The molecule has 0 heterocycles. The summed E-state index contributed by atoms with van der Waals surface area (Å²) in [5.74, 6) is 0.826. The number of halogens is 2. The Morgan fingerprint density at radius 3 is 2.29 bits per heavy atom. The number of carbonyl (C=O) groups excluding carboxylic acids is 1. The molecule has 0 aromatic heterocycles. The fraction of sp³-hybridized carbons (Fsp3) is 0.278. The number of esters is 1. The van der Waals surface area contributed by atoms with Gasteiger partial charge in [-0.1, -0.05) is 15.9 Å². The summed E-state index contributed by atoms with van der Waals surface area (Å²) in [6, 6.07) is 8.93. The smallest absolute Gasteiger partial charge is 0.343 e. The minimum absolute atomic E-state index is 0.410. The molecule has 2 aromatic rings. The van der Waals surface area contributed by atoms with Gasteiger partial charge in [0, 0.05) is 11.6 Å². The van der Waals surface area contributed by atoms with E-state index in [0.29, 0.717) is 34.7 Å². The largest absolute Gasteiger partial charge is 0.490 e. The summed E-state index contributed by atoms with van der Waals surface area (Å²) in [5, 5.41) is 0. The van der Waals surface area contributed by atoms with Crippen molar-refractivity contribution in [1.29, 1.82) is 0 Å². The number of carbonyl (C=O) groups is 1. The zero-order chi connectivity index (χ0) is 17.7. The van der Waals surface area contributed by atoms with Crippen LogP contribution in [0.1, 0.15) is 21.5 Å². The van der Waals surface area contributed by atoms with E-state index in [-0.39, 0.29) is 0 Å². The van der Waals surface area contributed by atoms with Gasteiger partial charge < -0.3 is 14.2 Å². The number of aryl methyl sites for hydroxylation is 2. The van der Waals surface area contributed by atoms with Crippen molar-refractivity contribution in [1.82, 2.24) is 0 Å². The van der Waals surface area contributed by atoms with Crippen LogP contribution < -0.4 is 9.47 Å². The normalized spacial score (nSPS) is 10.5. The fourth-order valence-corrected chi connectivity index (χ4v) is 3.37. The van der Waals surface area contributed by atoms with Crippen molar-refractivity contribution in [3.63, 3.8) is 0 Å². The molecule has 6 heteroatoms. The summed E-state index contributed by atoms with van der Waals surface area (Å²) >= 11 is 6.84. The summed E-state index contributed by atoms with van der Waals surface area (Å²) in [4.78, 5) is 12.4. The van der Waals surface area contributed by atoms with Crippen LogP contribution in [0.5, 0.6) is 11.5 Å². The number of hydrogen-bond acceptors (Lipinski definition) is 4. The Bertz CT molecular complexity index is 721. The van der Waals surface area contributed by atoms with Gasteiger partial charge in [0.05, 0.1) is 16.6 Å². The lowest BCUT2D eigenvalue weighted by atomic mass is 10.1. The first-order valence-electron chi connectivity index (χ1n) is 7.32. The zero-order valence-electron chi connectivity index (χ0n) is 13.7. The van der Waals surface area contributed by atoms with Crippen LogP contribution >= 0.6 is 31.9 Å². The van der Waals surface area contributed by atoms with E-state index in [4.69, 9.17) is 14.2 Å². The molecule has 0 aliphatic carbocycles. The maximum Gasteiger partial charge on any atom is 0.343 e. The molecule has 0 bridgehead atoms. The van der Waals surface area contributed by atoms with Crippen LogP contribution in [-0.4, -0.2) is 26.3 Å². The van der Waals surface area contributed by atoms with E-state index >= 15 is 0 Å². The van der Waals surface area contributed by atoms with Crippen LogP contribution in [-0.2, 0) is 4.74 Å². The van der Waals surface area contributed by atoms with Gasteiger partial charge >= 0.3 is 5.97 Å². The highest BCUT2D eigenvalue weighted by atomic mass is 79.9. The average molecular weight is 458 g/mol. The second kappa shape index (κ2) is 8.65. The van der Waals surface area contributed by atoms with Gasteiger partial charge in [-0.25, -0.2) is 4.79 Å². The Kier molecular flexibility index (Phi) is 6.83. The molecule has 24 heavy (non-hydrogen) atoms. The van der Waals surface area contributed by atoms with Crippen LogP contribution in [0.2, 0.25) is 0 Å². The van der Waals surface area contributed by atoms with Gasteiger partial charge in [-0.3, -0.25) is 0 Å². The molecular weight excluding hydrogens is 440 g/mol. The highest BCUT2D eigenvalue weighted by Gasteiger charge is 2.15. The maximum absolute atomic E-state index is 12.4. The zero-order valence-corrected chi connectivity index (χ0v) is 16.9. The molecule has 0 N–H and O–H groups in total. The second-order valence-corrected chi connectivity index (χ2v) is 7.01. The molecule has 2 aromatic carbocycles. The maximum atomic E-state index is 12.4. The minimum Gasteiger partial charge on any atom is -0.490 e. The Labute approximate surface area is 158 Å². The first kappa shape index (κ1) is 19.0. The lowest BCUT2D eigenvalue weighted by Gasteiger charge is -2.12.